The van der Waals surface area contributed by atoms with Gasteiger partial charge in [0.25, 0.3) is 0 Å². The summed E-state index contributed by atoms with van der Waals surface area (Å²) in [5.74, 6) is 0.727. The van der Waals surface area contributed by atoms with Crippen molar-refractivity contribution < 1.29 is 4.74 Å². The Morgan fingerprint density at radius 3 is 1.94 bits per heavy atom. The van der Waals surface area contributed by atoms with Crippen LogP contribution in [0.1, 0.15) is 18.9 Å². The molecule has 84 valence electrons. The molecule has 2 heterocycles. The molecule has 0 aromatic carbocycles. The second-order valence-electron chi connectivity index (χ2n) is 2.89. The van der Waals surface area contributed by atoms with Gasteiger partial charge in [0.15, 0.2) is 5.82 Å². The number of rotatable bonds is 2. The minimum Gasteiger partial charge on any atom is -0.374 e. The van der Waals surface area contributed by atoms with Crippen molar-refractivity contribution in [2.45, 2.75) is 13.0 Å². The molecule has 1 unspecified atom stereocenters. The zero-order valence-electron chi connectivity index (χ0n) is 9.32. The molecule has 2 aromatic heterocycles. The van der Waals surface area contributed by atoms with Crippen LogP contribution in [0.4, 0.5) is 0 Å². The second kappa shape index (κ2) is 7.42. The van der Waals surface area contributed by atoms with Crippen LogP contribution < -0.4 is 0 Å². The Hall–Kier alpha value is -1.88. The van der Waals surface area contributed by atoms with Crippen molar-refractivity contribution in [1.82, 2.24) is 19.9 Å². The van der Waals surface area contributed by atoms with E-state index in [0.717, 1.165) is 5.82 Å². The Bertz CT molecular complexity index is 342. The Labute approximate surface area is 94.6 Å². The van der Waals surface area contributed by atoms with Gasteiger partial charge >= 0.3 is 0 Å². The maximum absolute atomic E-state index is 5.01. The summed E-state index contributed by atoms with van der Waals surface area (Å²) in [6.07, 6.45) is 8.27. The molecule has 0 N–H and O–H groups in total. The van der Waals surface area contributed by atoms with E-state index < -0.39 is 0 Å². The summed E-state index contributed by atoms with van der Waals surface area (Å²) in [5, 5.41) is 0. The standard InChI is InChI=1S/C7H10N2O.C4H4N2/c1-6(10-2)7-8-4-3-5-9-7;1-2-5-4-6-3-1/h3-6H,1-2H3;1-4H. The third-order valence-corrected chi connectivity index (χ3v) is 1.78. The molecule has 0 aliphatic carbocycles. The van der Waals surface area contributed by atoms with Gasteiger partial charge in [0.1, 0.15) is 12.4 Å². The smallest absolute Gasteiger partial charge is 0.156 e. The van der Waals surface area contributed by atoms with E-state index in [1.54, 1.807) is 44.0 Å². The van der Waals surface area contributed by atoms with Gasteiger partial charge in [-0.15, -0.1) is 0 Å². The fraction of sp³-hybridized carbons (Fsp3) is 0.273. The van der Waals surface area contributed by atoms with Crippen LogP contribution >= 0.6 is 0 Å². The summed E-state index contributed by atoms with van der Waals surface area (Å²) in [4.78, 5) is 15.4. The zero-order valence-corrected chi connectivity index (χ0v) is 9.32. The van der Waals surface area contributed by atoms with Gasteiger partial charge in [-0.3, -0.25) is 0 Å². The fourth-order valence-corrected chi connectivity index (χ4v) is 0.879. The molecule has 0 saturated carbocycles. The highest BCUT2D eigenvalue weighted by Crippen LogP contribution is 2.07. The van der Waals surface area contributed by atoms with Crippen LogP contribution in [-0.2, 0) is 4.74 Å². The number of hydrogen-bond acceptors (Lipinski definition) is 5. The summed E-state index contributed by atoms with van der Waals surface area (Å²) in [6.45, 7) is 1.91. The maximum atomic E-state index is 5.01. The number of ether oxygens (including phenoxy) is 1. The summed E-state index contributed by atoms with van der Waals surface area (Å²) in [6, 6.07) is 3.56. The first-order valence-electron chi connectivity index (χ1n) is 4.84. The van der Waals surface area contributed by atoms with Crippen LogP contribution in [0.2, 0.25) is 0 Å². The van der Waals surface area contributed by atoms with Crippen molar-refractivity contribution >= 4 is 0 Å². The van der Waals surface area contributed by atoms with Crippen molar-refractivity contribution in [2.75, 3.05) is 7.11 Å². The highest BCUT2D eigenvalue weighted by atomic mass is 16.5. The minimum atomic E-state index is -0.0128. The number of methoxy groups -OCH3 is 1. The zero-order chi connectivity index (χ0) is 11.6. The molecule has 16 heavy (non-hydrogen) atoms. The van der Waals surface area contributed by atoms with E-state index >= 15 is 0 Å². The van der Waals surface area contributed by atoms with Gasteiger partial charge in [-0.05, 0) is 19.1 Å². The number of hydrogen-bond donors (Lipinski definition) is 0. The molecule has 0 spiro atoms. The molecule has 0 radical (unpaired) electrons. The van der Waals surface area contributed by atoms with Crippen molar-refractivity contribution in [3.63, 3.8) is 0 Å². The topological polar surface area (TPSA) is 60.8 Å². The predicted molar refractivity (Wildman–Crippen MR) is 59.5 cm³/mol. The number of nitrogens with zero attached hydrogens (tertiary/aromatic N) is 4. The van der Waals surface area contributed by atoms with Crippen LogP contribution in [0.15, 0.2) is 43.2 Å². The van der Waals surface area contributed by atoms with Crippen LogP contribution in [0.25, 0.3) is 0 Å². The van der Waals surface area contributed by atoms with Gasteiger partial charge in [0, 0.05) is 31.9 Å². The summed E-state index contributed by atoms with van der Waals surface area (Å²) in [7, 11) is 1.64. The predicted octanol–water partition coefficient (Wildman–Crippen LogP) is 1.66. The van der Waals surface area contributed by atoms with Gasteiger partial charge < -0.3 is 4.74 Å². The van der Waals surface area contributed by atoms with Crippen molar-refractivity contribution in [1.29, 1.82) is 0 Å². The fourth-order valence-electron chi connectivity index (χ4n) is 0.879. The van der Waals surface area contributed by atoms with E-state index in [1.807, 2.05) is 6.92 Å². The van der Waals surface area contributed by atoms with E-state index in [-0.39, 0.29) is 6.10 Å². The molecule has 0 aliphatic heterocycles. The molecule has 5 nitrogen and oxygen atoms in total. The molecule has 2 rings (SSSR count). The second-order valence-corrected chi connectivity index (χ2v) is 2.89. The largest absolute Gasteiger partial charge is 0.374 e. The number of aromatic nitrogens is 4. The average molecular weight is 218 g/mol. The third kappa shape index (κ3) is 4.56. The van der Waals surface area contributed by atoms with Crippen LogP contribution in [-0.4, -0.2) is 27.0 Å². The van der Waals surface area contributed by atoms with Gasteiger partial charge in [-0.2, -0.15) is 0 Å². The van der Waals surface area contributed by atoms with E-state index in [2.05, 4.69) is 19.9 Å². The van der Waals surface area contributed by atoms with Crippen molar-refractivity contribution in [2.24, 2.45) is 0 Å². The lowest BCUT2D eigenvalue weighted by Gasteiger charge is -2.05. The van der Waals surface area contributed by atoms with E-state index in [1.165, 1.54) is 6.33 Å². The Balaban J connectivity index is 0.000000181. The average Bonchev–Trinajstić information content (AvgIpc) is 2.41. The first-order valence-corrected chi connectivity index (χ1v) is 4.84. The molecule has 0 saturated heterocycles. The van der Waals surface area contributed by atoms with Crippen LogP contribution in [0.3, 0.4) is 0 Å². The molecule has 0 aliphatic rings. The highest BCUT2D eigenvalue weighted by molar-refractivity contribution is 4.91. The summed E-state index contributed by atoms with van der Waals surface area (Å²) < 4.78 is 5.01. The van der Waals surface area contributed by atoms with E-state index in [4.69, 9.17) is 4.74 Å². The van der Waals surface area contributed by atoms with E-state index in [0.29, 0.717) is 0 Å². The third-order valence-electron chi connectivity index (χ3n) is 1.78. The van der Waals surface area contributed by atoms with Crippen molar-refractivity contribution in [3.05, 3.63) is 49.1 Å². The van der Waals surface area contributed by atoms with Crippen LogP contribution in [0.5, 0.6) is 0 Å². The molecular weight excluding hydrogens is 204 g/mol. The maximum Gasteiger partial charge on any atom is 0.156 e. The minimum absolute atomic E-state index is 0.0128. The quantitative estimate of drug-likeness (QED) is 0.767. The lowest BCUT2D eigenvalue weighted by molar-refractivity contribution is 0.112. The van der Waals surface area contributed by atoms with Gasteiger partial charge in [-0.25, -0.2) is 19.9 Å². The lowest BCUT2D eigenvalue weighted by atomic mass is 10.4. The molecule has 0 fully saturated rings. The molecule has 0 bridgehead atoms. The molecular formula is C11H14N4O. The molecule has 0 amide bonds. The Kier molecular flexibility index (Phi) is 5.65. The summed E-state index contributed by atoms with van der Waals surface area (Å²) >= 11 is 0. The molecule has 5 heteroatoms. The monoisotopic (exact) mass is 218 g/mol. The Morgan fingerprint density at radius 2 is 1.56 bits per heavy atom. The molecule has 1 atom stereocenters. The van der Waals surface area contributed by atoms with Crippen molar-refractivity contribution in [3.8, 4) is 0 Å². The van der Waals surface area contributed by atoms with Gasteiger partial charge in [0.05, 0.1) is 0 Å². The first kappa shape index (κ1) is 12.2. The normalized spacial score (nSPS) is 11.1. The summed E-state index contributed by atoms with van der Waals surface area (Å²) in [5.41, 5.74) is 0. The Morgan fingerprint density at radius 1 is 1.00 bits per heavy atom. The van der Waals surface area contributed by atoms with E-state index in [9.17, 15) is 0 Å². The van der Waals surface area contributed by atoms with Gasteiger partial charge in [-0.1, -0.05) is 0 Å². The highest BCUT2D eigenvalue weighted by Gasteiger charge is 2.03. The molecule has 2 aromatic rings. The first-order chi connectivity index (χ1) is 7.84. The lowest BCUT2D eigenvalue weighted by Crippen LogP contribution is -2.00. The van der Waals surface area contributed by atoms with Gasteiger partial charge in [0.2, 0.25) is 0 Å². The van der Waals surface area contributed by atoms with Crippen LogP contribution in [0, 0.1) is 0 Å². The SMILES string of the molecule is COC(C)c1ncccn1.c1cncnc1.